The molecule has 2 amide bonds. The molecule has 6 heteroatoms. The Morgan fingerprint density at radius 2 is 1.91 bits per heavy atom. The van der Waals surface area contributed by atoms with Crippen LogP contribution in [0.5, 0.6) is 0 Å². The van der Waals surface area contributed by atoms with Crippen molar-refractivity contribution in [2.24, 2.45) is 5.92 Å². The lowest BCUT2D eigenvalue weighted by atomic mass is 9.96. The number of rotatable bonds is 5. The van der Waals surface area contributed by atoms with Gasteiger partial charge in [-0.2, -0.15) is 12.6 Å². The minimum absolute atomic E-state index is 0.0157. The molecule has 1 heterocycles. The number of hydrogen-bond donors (Lipinski definition) is 2. The van der Waals surface area contributed by atoms with Crippen LogP contribution in [-0.4, -0.2) is 42.3 Å². The minimum atomic E-state index is -0.307. The van der Waals surface area contributed by atoms with Crippen LogP contribution in [0.2, 0.25) is 0 Å². The number of piperidine rings is 1. The molecule has 1 fully saturated rings. The molecule has 2 rings (SSSR count). The maximum Gasteiger partial charge on any atom is 0.410 e. The quantitative estimate of drug-likeness (QED) is 0.816. The predicted molar refractivity (Wildman–Crippen MR) is 87.8 cm³/mol. The summed E-state index contributed by atoms with van der Waals surface area (Å²) in [5.41, 5.74) is 0.969. The van der Waals surface area contributed by atoms with Gasteiger partial charge in [-0.3, -0.25) is 4.79 Å². The molecular formula is C16H22N2O3S. The van der Waals surface area contributed by atoms with Gasteiger partial charge in [-0.1, -0.05) is 30.3 Å². The van der Waals surface area contributed by atoms with Gasteiger partial charge < -0.3 is 15.0 Å². The van der Waals surface area contributed by atoms with Gasteiger partial charge in [-0.15, -0.1) is 0 Å². The third-order valence-electron chi connectivity index (χ3n) is 3.74. The van der Waals surface area contributed by atoms with Crippen molar-refractivity contribution in [3.8, 4) is 0 Å². The van der Waals surface area contributed by atoms with Crippen LogP contribution in [0, 0.1) is 5.92 Å². The zero-order valence-electron chi connectivity index (χ0n) is 12.5. The SMILES string of the molecule is O=C(NCCS)C1CCN(C(=O)OCc2ccccc2)CC1. The van der Waals surface area contributed by atoms with E-state index < -0.39 is 0 Å². The fraction of sp³-hybridized carbons (Fsp3) is 0.500. The van der Waals surface area contributed by atoms with Crippen LogP contribution in [-0.2, 0) is 16.1 Å². The van der Waals surface area contributed by atoms with Crippen LogP contribution in [0.4, 0.5) is 4.79 Å². The Morgan fingerprint density at radius 3 is 2.55 bits per heavy atom. The number of benzene rings is 1. The largest absolute Gasteiger partial charge is 0.445 e. The molecule has 0 aromatic heterocycles. The molecule has 1 N–H and O–H groups in total. The second-order valence-electron chi connectivity index (χ2n) is 5.32. The summed E-state index contributed by atoms with van der Waals surface area (Å²) in [6.45, 7) is 1.99. The first-order valence-corrected chi connectivity index (χ1v) is 8.18. The summed E-state index contributed by atoms with van der Waals surface area (Å²) in [7, 11) is 0. The van der Waals surface area contributed by atoms with Crippen LogP contribution in [0.15, 0.2) is 30.3 Å². The molecular weight excluding hydrogens is 300 g/mol. The van der Waals surface area contributed by atoms with Crippen LogP contribution < -0.4 is 5.32 Å². The zero-order chi connectivity index (χ0) is 15.8. The predicted octanol–water partition coefficient (Wildman–Crippen LogP) is 2.08. The summed E-state index contributed by atoms with van der Waals surface area (Å²) in [6, 6.07) is 9.60. The molecule has 0 unspecified atom stereocenters. The number of carbonyl (C=O) groups excluding carboxylic acids is 2. The van der Waals surface area contributed by atoms with E-state index in [1.807, 2.05) is 30.3 Å². The van der Waals surface area contributed by atoms with Gasteiger partial charge >= 0.3 is 6.09 Å². The molecule has 5 nitrogen and oxygen atoms in total. The third kappa shape index (κ3) is 4.94. The first-order valence-electron chi connectivity index (χ1n) is 7.55. The molecule has 120 valence electrons. The van der Waals surface area contributed by atoms with Gasteiger partial charge in [-0.05, 0) is 18.4 Å². The number of amides is 2. The smallest absolute Gasteiger partial charge is 0.410 e. The summed E-state index contributed by atoms with van der Waals surface area (Å²) < 4.78 is 5.30. The van der Waals surface area contributed by atoms with E-state index >= 15 is 0 Å². The minimum Gasteiger partial charge on any atom is -0.445 e. The van der Waals surface area contributed by atoms with E-state index in [1.165, 1.54) is 0 Å². The van der Waals surface area contributed by atoms with E-state index in [-0.39, 0.29) is 24.5 Å². The van der Waals surface area contributed by atoms with E-state index in [0.29, 0.717) is 38.2 Å². The Morgan fingerprint density at radius 1 is 1.23 bits per heavy atom. The molecule has 0 atom stereocenters. The van der Waals surface area contributed by atoms with Crippen LogP contribution in [0.1, 0.15) is 18.4 Å². The van der Waals surface area contributed by atoms with Crippen molar-refractivity contribution in [2.45, 2.75) is 19.4 Å². The Bertz CT molecular complexity index is 487. The van der Waals surface area contributed by atoms with E-state index in [2.05, 4.69) is 17.9 Å². The van der Waals surface area contributed by atoms with E-state index in [4.69, 9.17) is 4.74 Å². The first kappa shape index (κ1) is 16.7. The summed E-state index contributed by atoms with van der Waals surface area (Å²) in [5, 5.41) is 2.84. The highest BCUT2D eigenvalue weighted by atomic mass is 32.1. The van der Waals surface area contributed by atoms with Crippen molar-refractivity contribution < 1.29 is 14.3 Å². The molecule has 1 aliphatic rings. The maximum absolute atomic E-state index is 12.0. The summed E-state index contributed by atoms with van der Waals surface area (Å²) in [5.74, 6) is 0.681. The lowest BCUT2D eigenvalue weighted by molar-refractivity contribution is -0.126. The Balaban J connectivity index is 1.72. The molecule has 0 spiro atoms. The molecule has 1 aromatic rings. The van der Waals surface area contributed by atoms with Crippen molar-refractivity contribution in [3.63, 3.8) is 0 Å². The van der Waals surface area contributed by atoms with Crippen molar-refractivity contribution in [3.05, 3.63) is 35.9 Å². The van der Waals surface area contributed by atoms with E-state index in [1.54, 1.807) is 4.90 Å². The molecule has 0 bridgehead atoms. The standard InChI is InChI=1S/C16H22N2O3S/c19-15(17-8-11-22)14-6-9-18(10-7-14)16(20)21-12-13-4-2-1-3-5-13/h1-5,14,22H,6-12H2,(H,17,19). The van der Waals surface area contributed by atoms with Crippen LogP contribution in [0.25, 0.3) is 0 Å². The highest BCUT2D eigenvalue weighted by Crippen LogP contribution is 2.18. The Labute approximate surface area is 136 Å². The molecule has 1 saturated heterocycles. The van der Waals surface area contributed by atoms with Gasteiger partial charge in [0.25, 0.3) is 0 Å². The van der Waals surface area contributed by atoms with Crippen molar-refractivity contribution >= 4 is 24.6 Å². The van der Waals surface area contributed by atoms with Gasteiger partial charge in [0.15, 0.2) is 0 Å². The fourth-order valence-electron chi connectivity index (χ4n) is 2.46. The third-order valence-corrected chi connectivity index (χ3v) is 3.96. The highest BCUT2D eigenvalue weighted by molar-refractivity contribution is 7.80. The van der Waals surface area contributed by atoms with Crippen LogP contribution in [0.3, 0.4) is 0 Å². The zero-order valence-corrected chi connectivity index (χ0v) is 13.4. The monoisotopic (exact) mass is 322 g/mol. The Kier molecular flexibility index (Phi) is 6.58. The molecule has 22 heavy (non-hydrogen) atoms. The average Bonchev–Trinajstić information content (AvgIpc) is 2.58. The summed E-state index contributed by atoms with van der Waals surface area (Å²) in [4.78, 5) is 25.5. The number of likely N-dealkylation sites (tertiary alicyclic amines) is 1. The summed E-state index contributed by atoms with van der Waals surface area (Å²) in [6.07, 6.45) is 1.05. The molecule has 0 aliphatic carbocycles. The van der Waals surface area contributed by atoms with Crippen molar-refractivity contribution in [2.75, 3.05) is 25.4 Å². The number of nitrogens with zero attached hydrogens (tertiary/aromatic N) is 1. The molecule has 0 saturated carbocycles. The topological polar surface area (TPSA) is 58.6 Å². The number of ether oxygens (including phenoxy) is 1. The number of thiol groups is 1. The van der Waals surface area contributed by atoms with Gasteiger partial charge in [0, 0.05) is 31.3 Å². The molecule has 1 aliphatic heterocycles. The van der Waals surface area contributed by atoms with E-state index in [0.717, 1.165) is 5.56 Å². The second kappa shape index (κ2) is 8.68. The summed E-state index contributed by atoms with van der Waals surface area (Å²) >= 11 is 4.07. The highest BCUT2D eigenvalue weighted by Gasteiger charge is 2.27. The number of nitrogens with one attached hydrogen (secondary N) is 1. The maximum atomic E-state index is 12.0. The molecule has 0 radical (unpaired) electrons. The van der Waals surface area contributed by atoms with Gasteiger partial charge in [0.05, 0.1) is 0 Å². The lowest BCUT2D eigenvalue weighted by Gasteiger charge is -2.30. The fourth-order valence-corrected chi connectivity index (χ4v) is 2.57. The number of hydrogen-bond acceptors (Lipinski definition) is 4. The normalized spacial score (nSPS) is 15.4. The average molecular weight is 322 g/mol. The molecule has 1 aromatic carbocycles. The lowest BCUT2D eigenvalue weighted by Crippen LogP contribution is -2.43. The van der Waals surface area contributed by atoms with Gasteiger partial charge in [-0.25, -0.2) is 4.79 Å². The second-order valence-corrected chi connectivity index (χ2v) is 5.76. The van der Waals surface area contributed by atoms with E-state index in [9.17, 15) is 9.59 Å². The van der Waals surface area contributed by atoms with Crippen molar-refractivity contribution in [1.29, 1.82) is 0 Å². The van der Waals surface area contributed by atoms with Gasteiger partial charge in [0.2, 0.25) is 5.91 Å². The van der Waals surface area contributed by atoms with Gasteiger partial charge in [0.1, 0.15) is 6.61 Å². The Hall–Kier alpha value is -1.69. The van der Waals surface area contributed by atoms with Crippen molar-refractivity contribution in [1.82, 2.24) is 10.2 Å². The van der Waals surface area contributed by atoms with Crippen LogP contribution >= 0.6 is 12.6 Å². The first-order chi connectivity index (χ1) is 10.7. The number of carbonyl (C=O) groups is 2.